The number of nitrogens with zero attached hydrogens (tertiary/aromatic N) is 3. The summed E-state index contributed by atoms with van der Waals surface area (Å²) in [6.07, 6.45) is 2.02. The Hall–Kier alpha value is -1.98. The lowest BCUT2D eigenvalue weighted by Gasteiger charge is -2.10. The lowest BCUT2D eigenvalue weighted by Crippen LogP contribution is -2.35. The van der Waals surface area contributed by atoms with E-state index >= 15 is 0 Å². The van der Waals surface area contributed by atoms with E-state index in [4.69, 9.17) is 4.42 Å². The highest BCUT2D eigenvalue weighted by atomic mass is 16.4. The maximum Gasteiger partial charge on any atom is 0.422 e. The molecule has 0 amide bonds. The van der Waals surface area contributed by atoms with Gasteiger partial charge < -0.3 is 4.42 Å². The quantitative estimate of drug-likeness (QED) is 0.776. The van der Waals surface area contributed by atoms with Crippen LogP contribution in [-0.4, -0.2) is 14.5 Å². The first-order valence-corrected chi connectivity index (χ1v) is 5.43. The molecule has 2 aromatic rings. The van der Waals surface area contributed by atoms with Gasteiger partial charge in [-0.3, -0.25) is 4.79 Å². The van der Waals surface area contributed by atoms with Gasteiger partial charge >= 0.3 is 5.76 Å². The number of hydrogen-bond donors (Lipinski definition) is 0. The van der Waals surface area contributed by atoms with Gasteiger partial charge in [-0.25, -0.2) is 19.3 Å². The van der Waals surface area contributed by atoms with Crippen molar-refractivity contribution in [2.45, 2.75) is 33.2 Å². The summed E-state index contributed by atoms with van der Waals surface area (Å²) in [4.78, 5) is 31.7. The van der Waals surface area contributed by atoms with Crippen LogP contribution in [0.15, 0.2) is 20.2 Å². The van der Waals surface area contributed by atoms with Crippen LogP contribution in [0, 0.1) is 6.92 Å². The molecule has 2 aromatic heterocycles. The summed E-state index contributed by atoms with van der Waals surface area (Å²) < 4.78 is 6.13. The fourth-order valence-electron chi connectivity index (χ4n) is 1.59. The lowest BCUT2D eigenvalue weighted by molar-refractivity contribution is 0.402. The Morgan fingerprint density at radius 1 is 1.47 bits per heavy atom. The molecule has 6 nitrogen and oxygen atoms in total. The zero-order valence-electron chi connectivity index (χ0n) is 9.93. The summed E-state index contributed by atoms with van der Waals surface area (Å²) in [5.74, 6) is -0.191. The van der Waals surface area contributed by atoms with E-state index in [9.17, 15) is 9.59 Å². The number of aryl methyl sites for hydroxylation is 1. The van der Waals surface area contributed by atoms with Gasteiger partial charge in [-0.05, 0) is 20.3 Å². The Bertz CT molecular complexity index is 672. The van der Waals surface area contributed by atoms with E-state index in [1.165, 1.54) is 6.20 Å². The molecule has 90 valence electrons. The SMILES string of the molecule is CCC(C)n1c(=O)oc2cnc(C)nc2c1=O. The normalized spacial score (nSPS) is 12.9. The molecule has 6 heteroatoms. The summed E-state index contributed by atoms with van der Waals surface area (Å²) in [6, 6.07) is -0.210. The first-order chi connectivity index (χ1) is 8.04. The van der Waals surface area contributed by atoms with Gasteiger partial charge in [0, 0.05) is 6.04 Å². The zero-order valence-corrected chi connectivity index (χ0v) is 9.93. The largest absolute Gasteiger partial charge is 0.422 e. The van der Waals surface area contributed by atoms with Crippen molar-refractivity contribution in [1.82, 2.24) is 14.5 Å². The predicted molar refractivity (Wildman–Crippen MR) is 62.1 cm³/mol. The predicted octanol–water partition coefficient (Wildman–Crippen LogP) is 1.02. The van der Waals surface area contributed by atoms with Crippen LogP contribution in [0.4, 0.5) is 0 Å². The van der Waals surface area contributed by atoms with Gasteiger partial charge in [0.1, 0.15) is 5.82 Å². The Balaban J connectivity index is 2.88. The molecular formula is C11H13N3O3. The zero-order chi connectivity index (χ0) is 12.6. The van der Waals surface area contributed by atoms with E-state index in [-0.39, 0.29) is 17.1 Å². The average molecular weight is 235 g/mol. The van der Waals surface area contributed by atoms with Crippen LogP contribution >= 0.6 is 0 Å². The molecule has 0 N–H and O–H groups in total. The average Bonchev–Trinajstić information content (AvgIpc) is 2.30. The van der Waals surface area contributed by atoms with Gasteiger partial charge in [0.2, 0.25) is 0 Å². The Labute approximate surface area is 96.9 Å². The molecule has 1 atom stereocenters. The van der Waals surface area contributed by atoms with Crippen LogP contribution in [-0.2, 0) is 0 Å². The summed E-state index contributed by atoms with van der Waals surface area (Å²) in [6.45, 7) is 5.36. The van der Waals surface area contributed by atoms with E-state index < -0.39 is 11.3 Å². The molecule has 0 saturated heterocycles. The van der Waals surface area contributed by atoms with Gasteiger partial charge in [-0.15, -0.1) is 0 Å². The number of fused-ring (bicyclic) bond motifs is 1. The molecule has 0 aromatic carbocycles. The van der Waals surface area contributed by atoms with E-state index in [1.54, 1.807) is 13.8 Å². The Kier molecular flexibility index (Phi) is 2.79. The molecule has 0 saturated carbocycles. The second-order valence-corrected chi connectivity index (χ2v) is 3.93. The molecule has 2 rings (SSSR count). The molecule has 0 fully saturated rings. The highest BCUT2D eigenvalue weighted by Gasteiger charge is 2.15. The van der Waals surface area contributed by atoms with Crippen molar-refractivity contribution in [1.29, 1.82) is 0 Å². The van der Waals surface area contributed by atoms with Gasteiger partial charge in [-0.2, -0.15) is 0 Å². The summed E-state index contributed by atoms with van der Waals surface area (Å²) >= 11 is 0. The molecule has 0 radical (unpaired) electrons. The highest BCUT2D eigenvalue weighted by molar-refractivity contribution is 5.68. The van der Waals surface area contributed by atoms with Crippen molar-refractivity contribution < 1.29 is 4.42 Å². The molecule has 0 aliphatic carbocycles. The summed E-state index contributed by atoms with van der Waals surface area (Å²) in [5, 5.41) is 0. The van der Waals surface area contributed by atoms with Crippen molar-refractivity contribution in [2.24, 2.45) is 0 Å². The number of aromatic nitrogens is 3. The minimum Gasteiger partial charge on any atom is -0.406 e. The third kappa shape index (κ3) is 1.86. The fraction of sp³-hybridized carbons (Fsp3) is 0.455. The second kappa shape index (κ2) is 4.12. The monoisotopic (exact) mass is 235 g/mol. The topological polar surface area (TPSA) is 78.0 Å². The third-order valence-electron chi connectivity index (χ3n) is 2.72. The number of hydrogen-bond acceptors (Lipinski definition) is 5. The molecular weight excluding hydrogens is 222 g/mol. The number of rotatable bonds is 2. The molecule has 0 aliphatic heterocycles. The van der Waals surface area contributed by atoms with Crippen molar-refractivity contribution in [3.8, 4) is 0 Å². The highest BCUT2D eigenvalue weighted by Crippen LogP contribution is 2.07. The minimum atomic E-state index is -0.663. The van der Waals surface area contributed by atoms with E-state index in [0.717, 1.165) is 4.57 Å². The van der Waals surface area contributed by atoms with E-state index in [0.29, 0.717) is 12.2 Å². The van der Waals surface area contributed by atoms with Crippen LogP contribution in [0.2, 0.25) is 0 Å². The van der Waals surface area contributed by atoms with Crippen molar-refractivity contribution in [3.63, 3.8) is 0 Å². The molecule has 17 heavy (non-hydrogen) atoms. The van der Waals surface area contributed by atoms with Crippen molar-refractivity contribution in [2.75, 3.05) is 0 Å². The minimum absolute atomic E-state index is 0.130. The summed E-state index contributed by atoms with van der Waals surface area (Å²) in [5.41, 5.74) is -0.140. The van der Waals surface area contributed by atoms with Gasteiger partial charge in [0.25, 0.3) is 5.56 Å². The van der Waals surface area contributed by atoms with Crippen LogP contribution in [0.1, 0.15) is 32.1 Å². The molecule has 0 spiro atoms. The van der Waals surface area contributed by atoms with Crippen LogP contribution in [0.25, 0.3) is 11.1 Å². The van der Waals surface area contributed by atoms with E-state index in [2.05, 4.69) is 9.97 Å². The molecule has 1 unspecified atom stereocenters. The first kappa shape index (κ1) is 11.5. The Morgan fingerprint density at radius 2 is 2.18 bits per heavy atom. The van der Waals surface area contributed by atoms with E-state index in [1.807, 2.05) is 6.92 Å². The maximum absolute atomic E-state index is 12.1. The van der Waals surface area contributed by atoms with Crippen LogP contribution < -0.4 is 11.3 Å². The fourth-order valence-corrected chi connectivity index (χ4v) is 1.59. The lowest BCUT2D eigenvalue weighted by atomic mass is 10.2. The van der Waals surface area contributed by atoms with Gasteiger partial charge in [0.15, 0.2) is 11.1 Å². The third-order valence-corrected chi connectivity index (χ3v) is 2.72. The van der Waals surface area contributed by atoms with Gasteiger partial charge in [-0.1, -0.05) is 6.92 Å². The molecule has 2 heterocycles. The second-order valence-electron chi connectivity index (χ2n) is 3.93. The van der Waals surface area contributed by atoms with Crippen molar-refractivity contribution >= 4 is 11.1 Å². The standard InChI is InChI=1S/C11H13N3O3/c1-4-6(2)14-10(15)9-8(17-11(14)16)5-12-7(3)13-9/h5-6H,4H2,1-3H3. The molecule has 0 bridgehead atoms. The van der Waals surface area contributed by atoms with Gasteiger partial charge in [0.05, 0.1) is 6.20 Å². The Morgan fingerprint density at radius 3 is 2.82 bits per heavy atom. The van der Waals surface area contributed by atoms with Crippen LogP contribution in [0.5, 0.6) is 0 Å². The first-order valence-electron chi connectivity index (χ1n) is 5.43. The molecule has 0 aliphatic rings. The summed E-state index contributed by atoms with van der Waals surface area (Å²) in [7, 11) is 0. The van der Waals surface area contributed by atoms with Crippen molar-refractivity contribution in [3.05, 3.63) is 32.9 Å². The smallest absolute Gasteiger partial charge is 0.406 e. The maximum atomic E-state index is 12.1. The van der Waals surface area contributed by atoms with Crippen LogP contribution in [0.3, 0.4) is 0 Å².